The second kappa shape index (κ2) is 7.10. The predicted octanol–water partition coefficient (Wildman–Crippen LogP) is 3.83. The number of hydrogen-bond donors (Lipinski definition) is 1. The Morgan fingerprint density at radius 3 is 2.39 bits per heavy atom. The first-order valence-electron chi connectivity index (χ1n) is 8.26. The van der Waals surface area contributed by atoms with Crippen LogP contribution in [0.4, 0.5) is 20.4 Å². The van der Waals surface area contributed by atoms with E-state index in [9.17, 15) is 8.78 Å². The Balaban J connectivity index is 1.82. The van der Waals surface area contributed by atoms with Crippen LogP contribution in [0.15, 0.2) is 48.7 Å². The molecular formula is C19H15F2N5O2. The molecule has 0 fully saturated rings. The fourth-order valence-corrected chi connectivity index (χ4v) is 2.77. The van der Waals surface area contributed by atoms with Gasteiger partial charge in [0.2, 0.25) is 5.95 Å². The quantitative estimate of drug-likeness (QED) is 0.565. The first kappa shape index (κ1) is 17.7. The SMILES string of the molecule is COc1ccc(Nc2nc(-c3c(F)cccc3F)nc3ccnn23)cc1OC. The lowest BCUT2D eigenvalue weighted by Gasteiger charge is -2.12. The van der Waals surface area contributed by atoms with E-state index in [4.69, 9.17) is 9.47 Å². The van der Waals surface area contributed by atoms with Gasteiger partial charge in [0.15, 0.2) is 23.0 Å². The highest BCUT2D eigenvalue weighted by Crippen LogP contribution is 2.31. The van der Waals surface area contributed by atoms with Gasteiger partial charge < -0.3 is 14.8 Å². The summed E-state index contributed by atoms with van der Waals surface area (Å²) < 4.78 is 40.4. The number of nitrogens with zero attached hydrogens (tertiary/aromatic N) is 4. The van der Waals surface area contributed by atoms with Gasteiger partial charge >= 0.3 is 0 Å². The van der Waals surface area contributed by atoms with E-state index in [2.05, 4.69) is 20.4 Å². The van der Waals surface area contributed by atoms with E-state index in [1.165, 1.54) is 31.0 Å². The minimum absolute atomic E-state index is 0.0911. The summed E-state index contributed by atoms with van der Waals surface area (Å²) >= 11 is 0. The molecule has 0 atom stereocenters. The van der Waals surface area contributed by atoms with Crippen molar-refractivity contribution < 1.29 is 18.3 Å². The molecule has 2 heterocycles. The number of nitrogens with one attached hydrogen (secondary N) is 1. The number of ether oxygens (including phenoxy) is 2. The molecule has 7 nitrogen and oxygen atoms in total. The predicted molar refractivity (Wildman–Crippen MR) is 99.0 cm³/mol. The van der Waals surface area contributed by atoms with E-state index < -0.39 is 11.6 Å². The normalized spacial score (nSPS) is 10.9. The maximum Gasteiger partial charge on any atom is 0.232 e. The van der Waals surface area contributed by atoms with Crippen LogP contribution in [0, 0.1) is 11.6 Å². The lowest BCUT2D eigenvalue weighted by Crippen LogP contribution is -2.07. The zero-order valence-corrected chi connectivity index (χ0v) is 15.0. The standard InChI is InChI=1S/C19H15F2N5O2/c1-27-14-7-6-11(10-15(14)28-2)23-19-25-18(24-16-8-9-22-26(16)19)17-12(20)4-3-5-13(17)21/h3-10H,1-2H3,(H,23,24,25). The Bertz CT molecular complexity index is 1140. The number of halogens is 2. The summed E-state index contributed by atoms with van der Waals surface area (Å²) in [4.78, 5) is 8.50. The summed E-state index contributed by atoms with van der Waals surface area (Å²) in [6.45, 7) is 0. The van der Waals surface area contributed by atoms with E-state index in [1.807, 2.05) is 0 Å². The molecule has 0 aliphatic rings. The highest BCUT2D eigenvalue weighted by Gasteiger charge is 2.17. The van der Waals surface area contributed by atoms with E-state index >= 15 is 0 Å². The molecule has 28 heavy (non-hydrogen) atoms. The van der Waals surface area contributed by atoms with Crippen molar-refractivity contribution in [2.45, 2.75) is 0 Å². The maximum atomic E-state index is 14.2. The smallest absolute Gasteiger partial charge is 0.232 e. The van der Waals surface area contributed by atoms with Gasteiger partial charge in [-0.15, -0.1) is 0 Å². The van der Waals surface area contributed by atoms with Crippen molar-refractivity contribution >= 4 is 17.3 Å². The topological polar surface area (TPSA) is 73.6 Å². The second-order valence-corrected chi connectivity index (χ2v) is 5.76. The van der Waals surface area contributed by atoms with Crippen LogP contribution in [0.2, 0.25) is 0 Å². The number of rotatable bonds is 5. The Kier molecular flexibility index (Phi) is 4.48. The van der Waals surface area contributed by atoms with Gasteiger partial charge in [-0.2, -0.15) is 14.6 Å². The third kappa shape index (κ3) is 3.07. The molecule has 0 amide bonds. The summed E-state index contributed by atoms with van der Waals surface area (Å²) in [5, 5.41) is 7.23. The Labute approximate surface area is 158 Å². The summed E-state index contributed by atoms with van der Waals surface area (Å²) in [6, 6.07) is 10.4. The lowest BCUT2D eigenvalue weighted by atomic mass is 10.2. The fraction of sp³-hybridized carbons (Fsp3) is 0.105. The van der Waals surface area contributed by atoms with Crippen molar-refractivity contribution in [1.82, 2.24) is 19.6 Å². The Hall–Kier alpha value is -3.75. The molecule has 4 aromatic rings. The van der Waals surface area contributed by atoms with Crippen LogP contribution < -0.4 is 14.8 Å². The van der Waals surface area contributed by atoms with Crippen molar-refractivity contribution in [3.63, 3.8) is 0 Å². The number of fused-ring (bicyclic) bond motifs is 1. The van der Waals surface area contributed by atoms with Crippen LogP contribution in [-0.4, -0.2) is 33.8 Å². The molecule has 4 rings (SSSR count). The van der Waals surface area contributed by atoms with Crippen LogP contribution in [0.5, 0.6) is 11.5 Å². The molecule has 0 bridgehead atoms. The third-order valence-corrected chi connectivity index (χ3v) is 4.08. The zero-order valence-electron chi connectivity index (χ0n) is 15.0. The van der Waals surface area contributed by atoms with Crippen molar-refractivity contribution in [2.24, 2.45) is 0 Å². The monoisotopic (exact) mass is 383 g/mol. The average molecular weight is 383 g/mol. The second-order valence-electron chi connectivity index (χ2n) is 5.76. The highest BCUT2D eigenvalue weighted by molar-refractivity contribution is 5.65. The minimum atomic E-state index is -0.749. The van der Waals surface area contributed by atoms with Crippen molar-refractivity contribution in [3.8, 4) is 22.9 Å². The van der Waals surface area contributed by atoms with E-state index in [1.54, 1.807) is 24.3 Å². The first-order chi connectivity index (χ1) is 13.6. The molecule has 0 unspecified atom stereocenters. The van der Waals surface area contributed by atoms with Crippen molar-refractivity contribution in [3.05, 3.63) is 60.3 Å². The fourth-order valence-electron chi connectivity index (χ4n) is 2.77. The molecule has 0 spiro atoms. The summed E-state index contributed by atoms with van der Waals surface area (Å²) in [5.41, 5.74) is 0.699. The summed E-state index contributed by atoms with van der Waals surface area (Å²) in [6.07, 6.45) is 1.52. The van der Waals surface area contributed by atoms with Crippen LogP contribution in [0.1, 0.15) is 0 Å². The first-order valence-corrected chi connectivity index (χ1v) is 8.26. The average Bonchev–Trinajstić information content (AvgIpc) is 3.17. The van der Waals surface area contributed by atoms with Crippen molar-refractivity contribution in [2.75, 3.05) is 19.5 Å². The highest BCUT2D eigenvalue weighted by atomic mass is 19.1. The van der Waals surface area contributed by atoms with Gasteiger partial charge in [-0.1, -0.05) is 6.07 Å². The van der Waals surface area contributed by atoms with Crippen LogP contribution in [0.25, 0.3) is 17.0 Å². The van der Waals surface area contributed by atoms with E-state index in [-0.39, 0.29) is 17.3 Å². The molecule has 0 aliphatic carbocycles. The molecule has 0 aliphatic heterocycles. The molecule has 2 aromatic carbocycles. The van der Waals surface area contributed by atoms with Gasteiger partial charge in [0.1, 0.15) is 11.6 Å². The van der Waals surface area contributed by atoms with Crippen LogP contribution in [0.3, 0.4) is 0 Å². The summed E-state index contributed by atoms with van der Waals surface area (Å²) in [5.74, 6) is -0.277. The van der Waals surface area contributed by atoms with Gasteiger partial charge in [0.05, 0.1) is 26.0 Å². The number of aromatic nitrogens is 4. The Morgan fingerprint density at radius 2 is 1.68 bits per heavy atom. The number of benzene rings is 2. The van der Waals surface area contributed by atoms with Gasteiger partial charge in [-0.3, -0.25) is 0 Å². The molecule has 0 saturated heterocycles. The molecule has 0 radical (unpaired) electrons. The Morgan fingerprint density at radius 1 is 0.929 bits per heavy atom. The van der Waals surface area contributed by atoms with Crippen LogP contribution in [-0.2, 0) is 0 Å². The van der Waals surface area contributed by atoms with E-state index in [0.29, 0.717) is 22.8 Å². The van der Waals surface area contributed by atoms with Crippen molar-refractivity contribution in [1.29, 1.82) is 0 Å². The number of methoxy groups -OCH3 is 2. The minimum Gasteiger partial charge on any atom is -0.493 e. The molecule has 2 aromatic heterocycles. The van der Waals surface area contributed by atoms with Gasteiger partial charge in [0.25, 0.3) is 0 Å². The van der Waals surface area contributed by atoms with Crippen LogP contribution >= 0.6 is 0 Å². The molecular weight excluding hydrogens is 368 g/mol. The zero-order chi connectivity index (χ0) is 19.7. The largest absolute Gasteiger partial charge is 0.493 e. The maximum absolute atomic E-state index is 14.2. The molecule has 0 saturated carbocycles. The molecule has 1 N–H and O–H groups in total. The third-order valence-electron chi connectivity index (χ3n) is 4.08. The van der Waals surface area contributed by atoms with Gasteiger partial charge in [0, 0.05) is 17.8 Å². The molecule has 142 valence electrons. The summed E-state index contributed by atoms with van der Waals surface area (Å²) in [7, 11) is 3.06. The number of hydrogen-bond acceptors (Lipinski definition) is 6. The molecule has 9 heteroatoms. The lowest BCUT2D eigenvalue weighted by molar-refractivity contribution is 0.355. The number of anilines is 2. The van der Waals surface area contributed by atoms with E-state index in [0.717, 1.165) is 12.1 Å². The van der Waals surface area contributed by atoms with Gasteiger partial charge in [-0.25, -0.2) is 13.8 Å². The van der Waals surface area contributed by atoms with Gasteiger partial charge in [-0.05, 0) is 24.3 Å².